The van der Waals surface area contributed by atoms with E-state index in [9.17, 15) is 9.90 Å². The van der Waals surface area contributed by atoms with E-state index in [1.54, 1.807) is 19.1 Å². The number of aryl methyl sites for hydroxylation is 1. The molecule has 19 heavy (non-hydrogen) atoms. The molecule has 1 aliphatic rings. The molecule has 0 aromatic heterocycles. The molecule has 0 fully saturated rings. The highest BCUT2D eigenvalue weighted by Gasteiger charge is 2.22. The van der Waals surface area contributed by atoms with E-state index < -0.39 is 5.97 Å². The summed E-state index contributed by atoms with van der Waals surface area (Å²) in [5.74, 6) is -0.548. The number of benzene rings is 1. The summed E-state index contributed by atoms with van der Waals surface area (Å²) in [6.45, 7) is 3.54. The molecule has 6 nitrogen and oxygen atoms in total. The fourth-order valence-electron chi connectivity index (χ4n) is 1.74. The van der Waals surface area contributed by atoms with Crippen molar-refractivity contribution in [2.24, 2.45) is 15.0 Å². The molecule has 0 saturated heterocycles. The van der Waals surface area contributed by atoms with E-state index in [2.05, 4.69) is 15.0 Å². The first-order valence-electron chi connectivity index (χ1n) is 5.79. The molecule has 1 aliphatic heterocycles. The van der Waals surface area contributed by atoms with Crippen LogP contribution in [0.15, 0.2) is 33.2 Å². The van der Waals surface area contributed by atoms with Gasteiger partial charge in [0.2, 0.25) is 0 Å². The third kappa shape index (κ3) is 2.67. The van der Waals surface area contributed by atoms with E-state index in [1.165, 1.54) is 6.07 Å². The van der Waals surface area contributed by atoms with Crippen LogP contribution >= 0.6 is 0 Å². The lowest BCUT2D eigenvalue weighted by molar-refractivity contribution is -0.129. The Morgan fingerprint density at radius 1 is 1.37 bits per heavy atom. The lowest BCUT2D eigenvalue weighted by Crippen LogP contribution is -2.19. The summed E-state index contributed by atoms with van der Waals surface area (Å²) in [6, 6.07) is 4.73. The largest absolute Gasteiger partial charge is 0.508 e. The predicted octanol–water partition coefficient (Wildman–Crippen LogP) is 1.94. The molecule has 0 atom stereocenters. The molecule has 0 bridgehead atoms. The molecule has 6 heteroatoms. The molecule has 2 N–H and O–H groups in total. The summed E-state index contributed by atoms with van der Waals surface area (Å²) in [5.41, 5.74) is 1.24. The van der Waals surface area contributed by atoms with Gasteiger partial charge in [-0.2, -0.15) is 0 Å². The van der Waals surface area contributed by atoms with Gasteiger partial charge in [-0.25, -0.2) is 19.8 Å². The van der Waals surface area contributed by atoms with Crippen LogP contribution in [-0.2, 0) is 11.2 Å². The first-order valence-corrected chi connectivity index (χ1v) is 5.79. The van der Waals surface area contributed by atoms with E-state index in [0.29, 0.717) is 17.9 Å². The van der Waals surface area contributed by atoms with Crippen LogP contribution in [0.3, 0.4) is 0 Å². The van der Waals surface area contributed by atoms with Crippen molar-refractivity contribution < 1.29 is 15.0 Å². The van der Waals surface area contributed by atoms with Gasteiger partial charge >= 0.3 is 5.97 Å². The normalized spacial score (nSPS) is 16.4. The van der Waals surface area contributed by atoms with Crippen molar-refractivity contribution in [1.29, 1.82) is 0 Å². The Morgan fingerprint density at radius 3 is 2.74 bits per heavy atom. The Hall–Kier alpha value is -2.50. The van der Waals surface area contributed by atoms with E-state index in [4.69, 9.17) is 5.11 Å². The SMILES string of the molecule is CCc1cc(O)ccc1N=C1N=C(C)N=C1C(=O)O. The highest BCUT2D eigenvalue weighted by Crippen LogP contribution is 2.25. The van der Waals surface area contributed by atoms with Gasteiger partial charge < -0.3 is 10.2 Å². The van der Waals surface area contributed by atoms with Crippen LogP contribution in [0.2, 0.25) is 0 Å². The van der Waals surface area contributed by atoms with Gasteiger partial charge in [-0.15, -0.1) is 0 Å². The fraction of sp³-hybridized carbons (Fsp3) is 0.231. The number of rotatable bonds is 3. The van der Waals surface area contributed by atoms with Crippen LogP contribution in [0.25, 0.3) is 0 Å². The summed E-state index contributed by atoms with van der Waals surface area (Å²) in [4.78, 5) is 23.1. The van der Waals surface area contributed by atoms with E-state index >= 15 is 0 Å². The summed E-state index contributed by atoms with van der Waals surface area (Å²) in [6.07, 6.45) is 0.669. The molecule has 98 valence electrons. The number of aliphatic imine (C=N–C) groups is 3. The van der Waals surface area contributed by atoms with E-state index in [-0.39, 0.29) is 17.3 Å². The maximum absolute atomic E-state index is 11.0. The Kier molecular flexibility index (Phi) is 3.41. The maximum Gasteiger partial charge on any atom is 0.358 e. The molecule has 1 aromatic rings. The maximum atomic E-state index is 11.0. The Morgan fingerprint density at radius 2 is 2.11 bits per heavy atom. The molecular formula is C13H13N3O3. The number of hydrogen-bond acceptors (Lipinski definition) is 4. The number of carbonyl (C=O) groups is 1. The average molecular weight is 259 g/mol. The number of phenols is 1. The Balaban J connectivity index is 2.47. The lowest BCUT2D eigenvalue weighted by atomic mass is 10.1. The monoisotopic (exact) mass is 259 g/mol. The van der Waals surface area contributed by atoms with E-state index in [1.807, 2.05) is 6.92 Å². The van der Waals surface area contributed by atoms with Crippen LogP contribution in [-0.4, -0.2) is 33.6 Å². The Bertz CT molecular complexity index is 630. The number of carboxylic acids is 1. The highest BCUT2D eigenvalue weighted by atomic mass is 16.4. The molecule has 0 aliphatic carbocycles. The fourth-order valence-corrected chi connectivity index (χ4v) is 1.74. The average Bonchev–Trinajstić information content (AvgIpc) is 2.72. The van der Waals surface area contributed by atoms with Crippen LogP contribution in [0.5, 0.6) is 5.75 Å². The minimum absolute atomic E-state index is 0.0883. The van der Waals surface area contributed by atoms with Gasteiger partial charge in [-0.3, -0.25) is 0 Å². The number of aliphatic carboxylic acids is 1. The molecular weight excluding hydrogens is 246 g/mol. The summed E-state index contributed by atoms with van der Waals surface area (Å²) in [7, 11) is 0. The zero-order chi connectivity index (χ0) is 14.0. The van der Waals surface area contributed by atoms with Crippen LogP contribution in [0.1, 0.15) is 19.4 Å². The number of amidine groups is 2. The first-order chi connectivity index (χ1) is 9.01. The first kappa shape index (κ1) is 12.9. The Labute approximate surface area is 109 Å². The zero-order valence-corrected chi connectivity index (χ0v) is 10.6. The third-order valence-electron chi connectivity index (χ3n) is 2.63. The van der Waals surface area contributed by atoms with Crippen LogP contribution in [0, 0.1) is 0 Å². The summed E-state index contributed by atoms with van der Waals surface area (Å²) >= 11 is 0. The quantitative estimate of drug-likeness (QED) is 0.868. The summed E-state index contributed by atoms with van der Waals surface area (Å²) < 4.78 is 0. The number of aromatic hydroxyl groups is 1. The van der Waals surface area contributed by atoms with Crippen molar-refractivity contribution in [2.75, 3.05) is 0 Å². The van der Waals surface area contributed by atoms with E-state index in [0.717, 1.165) is 5.56 Å². The number of carboxylic acid groups (broad SMARTS) is 1. The van der Waals surface area contributed by atoms with Crippen molar-refractivity contribution >= 4 is 29.0 Å². The minimum atomic E-state index is -1.16. The van der Waals surface area contributed by atoms with Crippen molar-refractivity contribution in [3.8, 4) is 5.75 Å². The van der Waals surface area contributed by atoms with Gasteiger partial charge in [0.15, 0.2) is 11.5 Å². The molecule has 1 aromatic carbocycles. The second-order valence-electron chi connectivity index (χ2n) is 4.03. The number of hydrogen-bond donors (Lipinski definition) is 2. The zero-order valence-electron chi connectivity index (χ0n) is 10.6. The number of nitrogens with zero attached hydrogens (tertiary/aromatic N) is 3. The summed E-state index contributed by atoms with van der Waals surface area (Å²) in [5, 5.41) is 18.4. The molecule has 0 saturated carbocycles. The predicted molar refractivity (Wildman–Crippen MR) is 72.8 cm³/mol. The minimum Gasteiger partial charge on any atom is -0.508 e. The molecule has 0 amide bonds. The van der Waals surface area contributed by atoms with Crippen molar-refractivity contribution in [1.82, 2.24) is 0 Å². The molecule has 2 rings (SSSR count). The van der Waals surface area contributed by atoms with Gasteiger partial charge in [-0.1, -0.05) is 6.92 Å². The second-order valence-corrected chi connectivity index (χ2v) is 4.03. The van der Waals surface area contributed by atoms with Gasteiger partial charge in [0.1, 0.15) is 11.6 Å². The van der Waals surface area contributed by atoms with Gasteiger partial charge in [0, 0.05) is 0 Å². The van der Waals surface area contributed by atoms with Crippen molar-refractivity contribution in [2.45, 2.75) is 20.3 Å². The number of phenolic OH excluding ortho intramolecular Hbond substituents is 1. The van der Waals surface area contributed by atoms with Crippen molar-refractivity contribution in [3.05, 3.63) is 23.8 Å². The third-order valence-corrected chi connectivity index (χ3v) is 2.63. The smallest absolute Gasteiger partial charge is 0.358 e. The highest BCUT2D eigenvalue weighted by molar-refractivity contribution is 6.68. The van der Waals surface area contributed by atoms with Gasteiger partial charge in [0.05, 0.1) is 5.69 Å². The van der Waals surface area contributed by atoms with Crippen LogP contribution < -0.4 is 0 Å². The van der Waals surface area contributed by atoms with Gasteiger partial charge in [0.25, 0.3) is 0 Å². The van der Waals surface area contributed by atoms with Crippen LogP contribution in [0.4, 0.5) is 5.69 Å². The second kappa shape index (κ2) is 5.01. The molecule has 0 spiro atoms. The molecule has 0 radical (unpaired) electrons. The lowest BCUT2D eigenvalue weighted by Gasteiger charge is -2.04. The molecule has 1 heterocycles. The van der Waals surface area contributed by atoms with Gasteiger partial charge in [-0.05, 0) is 37.1 Å². The standard InChI is InChI=1S/C13H13N3O3/c1-3-8-6-9(17)4-5-10(8)16-12-11(13(18)19)14-7(2)15-12/h4-6,17H,3H2,1-2H3,(H,18,19). The van der Waals surface area contributed by atoms with Crippen molar-refractivity contribution in [3.63, 3.8) is 0 Å². The topological polar surface area (TPSA) is 94.6 Å². The molecule has 0 unspecified atom stereocenters.